The third-order valence-corrected chi connectivity index (χ3v) is 3.62. The molecule has 0 heterocycles. The van der Waals surface area contributed by atoms with Gasteiger partial charge in [0.25, 0.3) is 0 Å². The van der Waals surface area contributed by atoms with Crippen LogP contribution in [-0.4, -0.2) is 37.0 Å². The molecule has 0 saturated heterocycles. The predicted octanol–water partition coefficient (Wildman–Crippen LogP) is 2.33. The summed E-state index contributed by atoms with van der Waals surface area (Å²) in [6.07, 6.45) is 5.86. The molecular formula is C14H29NO2. The Bertz CT molecular complexity index is 196. The molecule has 1 rings (SSSR count). The molecule has 3 heteroatoms. The minimum absolute atomic E-state index is 0.364. The zero-order valence-electron chi connectivity index (χ0n) is 11.7. The predicted molar refractivity (Wildman–Crippen MR) is 71.2 cm³/mol. The summed E-state index contributed by atoms with van der Waals surface area (Å²) in [6.45, 7) is 8.86. The van der Waals surface area contributed by atoms with Crippen molar-refractivity contribution in [2.24, 2.45) is 5.41 Å². The molecule has 17 heavy (non-hydrogen) atoms. The fourth-order valence-corrected chi connectivity index (χ4v) is 2.29. The number of aliphatic hydroxyl groups excluding tert-OH is 1. The van der Waals surface area contributed by atoms with Crippen molar-refractivity contribution < 1.29 is 9.84 Å². The Morgan fingerprint density at radius 1 is 1.35 bits per heavy atom. The summed E-state index contributed by atoms with van der Waals surface area (Å²) in [5.41, 5.74) is 0.487. The molecule has 1 fully saturated rings. The van der Waals surface area contributed by atoms with E-state index in [0.717, 1.165) is 25.8 Å². The Morgan fingerprint density at radius 2 is 2.00 bits per heavy atom. The molecule has 1 saturated carbocycles. The van der Waals surface area contributed by atoms with Gasteiger partial charge in [0.2, 0.25) is 0 Å². The lowest BCUT2D eigenvalue weighted by Crippen LogP contribution is -2.34. The van der Waals surface area contributed by atoms with E-state index in [1.165, 1.54) is 12.8 Å². The molecular weight excluding hydrogens is 214 g/mol. The summed E-state index contributed by atoms with van der Waals surface area (Å²) >= 11 is 0. The second-order valence-corrected chi connectivity index (χ2v) is 6.05. The van der Waals surface area contributed by atoms with Gasteiger partial charge in [-0.3, -0.25) is 0 Å². The van der Waals surface area contributed by atoms with Crippen LogP contribution in [0.15, 0.2) is 0 Å². The molecule has 3 nitrogen and oxygen atoms in total. The van der Waals surface area contributed by atoms with Crippen LogP contribution in [0.4, 0.5) is 0 Å². The molecule has 0 amide bonds. The molecule has 2 N–H and O–H groups in total. The second kappa shape index (κ2) is 7.34. The van der Waals surface area contributed by atoms with Gasteiger partial charge in [0, 0.05) is 6.54 Å². The summed E-state index contributed by atoms with van der Waals surface area (Å²) in [7, 11) is 0. The topological polar surface area (TPSA) is 41.5 Å². The van der Waals surface area contributed by atoms with E-state index in [-0.39, 0.29) is 6.10 Å². The maximum atomic E-state index is 9.72. The summed E-state index contributed by atoms with van der Waals surface area (Å²) in [5, 5.41) is 12.9. The minimum Gasteiger partial charge on any atom is -0.389 e. The summed E-state index contributed by atoms with van der Waals surface area (Å²) < 4.78 is 5.78. The molecule has 1 aliphatic carbocycles. The fourth-order valence-electron chi connectivity index (χ4n) is 2.29. The first-order valence-corrected chi connectivity index (χ1v) is 7.04. The van der Waals surface area contributed by atoms with Gasteiger partial charge in [0.05, 0.1) is 18.8 Å². The van der Waals surface area contributed by atoms with Gasteiger partial charge in [-0.25, -0.2) is 0 Å². The monoisotopic (exact) mass is 243 g/mol. The molecule has 0 aromatic heterocycles. The largest absolute Gasteiger partial charge is 0.389 e. The SMILES string of the molecule is CCCNCC(O)COC1CCC(C)(C)CC1. The minimum atomic E-state index is -0.364. The van der Waals surface area contributed by atoms with Crippen LogP contribution in [0.25, 0.3) is 0 Å². The highest BCUT2D eigenvalue weighted by Gasteiger charge is 2.27. The van der Waals surface area contributed by atoms with Gasteiger partial charge < -0.3 is 15.2 Å². The highest BCUT2D eigenvalue weighted by Crippen LogP contribution is 2.36. The van der Waals surface area contributed by atoms with Crippen LogP contribution in [0.1, 0.15) is 52.9 Å². The molecule has 0 aromatic rings. The Morgan fingerprint density at radius 3 is 2.59 bits per heavy atom. The van der Waals surface area contributed by atoms with E-state index in [1.54, 1.807) is 0 Å². The number of ether oxygens (including phenoxy) is 1. The highest BCUT2D eigenvalue weighted by atomic mass is 16.5. The molecule has 1 unspecified atom stereocenters. The van der Waals surface area contributed by atoms with Gasteiger partial charge in [0.15, 0.2) is 0 Å². The van der Waals surface area contributed by atoms with E-state index >= 15 is 0 Å². The number of nitrogens with one attached hydrogen (secondary N) is 1. The summed E-state index contributed by atoms with van der Waals surface area (Å²) in [4.78, 5) is 0. The van der Waals surface area contributed by atoms with Crippen molar-refractivity contribution in [3.05, 3.63) is 0 Å². The number of hydrogen-bond donors (Lipinski definition) is 2. The van der Waals surface area contributed by atoms with Gasteiger partial charge >= 0.3 is 0 Å². The average Bonchev–Trinajstić information content (AvgIpc) is 2.28. The average molecular weight is 243 g/mol. The van der Waals surface area contributed by atoms with Crippen molar-refractivity contribution >= 4 is 0 Å². The van der Waals surface area contributed by atoms with Gasteiger partial charge in [0.1, 0.15) is 0 Å². The molecule has 1 aliphatic rings. The summed E-state index contributed by atoms with van der Waals surface area (Å²) in [6, 6.07) is 0. The molecule has 0 aromatic carbocycles. The lowest BCUT2D eigenvalue weighted by molar-refractivity contribution is -0.0364. The normalized spacial score (nSPS) is 22.6. The Kier molecular flexibility index (Phi) is 6.45. The van der Waals surface area contributed by atoms with E-state index in [0.29, 0.717) is 24.7 Å². The van der Waals surface area contributed by atoms with Gasteiger partial charge in [-0.1, -0.05) is 20.8 Å². The fraction of sp³-hybridized carbons (Fsp3) is 1.00. The van der Waals surface area contributed by atoms with Crippen LogP contribution in [0.2, 0.25) is 0 Å². The van der Waals surface area contributed by atoms with Crippen molar-refractivity contribution in [2.45, 2.75) is 65.1 Å². The molecule has 102 valence electrons. The van der Waals surface area contributed by atoms with Crippen molar-refractivity contribution in [1.29, 1.82) is 0 Å². The standard InChI is InChI=1S/C14H29NO2/c1-4-9-15-10-12(16)11-17-13-5-7-14(2,3)8-6-13/h12-13,15-16H,4-11H2,1-3H3. The van der Waals surface area contributed by atoms with Gasteiger partial charge in [-0.05, 0) is 44.1 Å². The maximum Gasteiger partial charge on any atom is 0.0897 e. The van der Waals surface area contributed by atoms with Crippen LogP contribution in [0, 0.1) is 5.41 Å². The van der Waals surface area contributed by atoms with E-state index in [4.69, 9.17) is 4.74 Å². The number of rotatable bonds is 7. The quantitative estimate of drug-likeness (QED) is 0.674. The molecule has 1 atom stereocenters. The lowest BCUT2D eigenvalue weighted by Gasteiger charge is -2.34. The molecule has 0 spiro atoms. The van der Waals surface area contributed by atoms with Crippen LogP contribution >= 0.6 is 0 Å². The van der Waals surface area contributed by atoms with Crippen LogP contribution in [0.3, 0.4) is 0 Å². The Labute approximate surface area is 106 Å². The highest BCUT2D eigenvalue weighted by molar-refractivity contribution is 4.79. The van der Waals surface area contributed by atoms with E-state index in [2.05, 4.69) is 26.1 Å². The van der Waals surface area contributed by atoms with Crippen molar-refractivity contribution in [2.75, 3.05) is 19.7 Å². The first-order chi connectivity index (χ1) is 8.03. The van der Waals surface area contributed by atoms with Gasteiger partial charge in [-0.2, -0.15) is 0 Å². The Balaban J connectivity index is 2.06. The van der Waals surface area contributed by atoms with Gasteiger partial charge in [-0.15, -0.1) is 0 Å². The first-order valence-electron chi connectivity index (χ1n) is 7.04. The van der Waals surface area contributed by atoms with Crippen molar-refractivity contribution in [1.82, 2.24) is 5.32 Å². The lowest BCUT2D eigenvalue weighted by atomic mass is 9.76. The van der Waals surface area contributed by atoms with Crippen LogP contribution < -0.4 is 5.32 Å². The van der Waals surface area contributed by atoms with Crippen LogP contribution in [0.5, 0.6) is 0 Å². The second-order valence-electron chi connectivity index (χ2n) is 6.05. The van der Waals surface area contributed by atoms with Crippen molar-refractivity contribution in [3.63, 3.8) is 0 Å². The molecule has 0 radical (unpaired) electrons. The Hall–Kier alpha value is -0.120. The number of hydrogen-bond acceptors (Lipinski definition) is 3. The number of aliphatic hydroxyl groups is 1. The maximum absolute atomic E-state index is 9.72. The van der Waals surface area contributed by atoms with Crippen LogP contribution in [-0.2, 0) is 4.74 Å². The van der Waals surface area contributed by atoms with E-state index in [1.807, 2.05) is 0 Å². The third-order valence-electron chi connectivity index (χ3n) is 3.62. The van der Waals surface area contributed by atoms with Crippen molar-refractivity contribution in [3.8, 4) is 0 Å². The summed E-state index contributed by atoms with van der Waals surface area (Å²) in [5.74, 6) is 0. The molecule has 0 bridgehead atoms. The zero-order chi connectivity index (χ0) is 12.7. The molecule has 0 aliphatic heterocycles. The third kappa shape index (κ3) is 6.39. The van der Waals surface area contributed by atoms with E-state index in [9.17, 15) is 5.11 Å². The van der Waals surface area contributed by atoms with E-state index < -0.39 is 0 Å². The first kappa shape index (κ1) is 14.9. The zero-order valence-corrected chi connectivity index (χ0v) is 11.7. The smallest absolute Gasteiger partial charge is 0.0897 e.